The van der Waals surface area contributed by atoms with Gasteiger partial charge in [0.2, 0.25) is 5.91 Å². The van der Waals surface area contributed by atoms with E-state index in [-0.39, 0.29) is 23.4 Å². The van der Waals surface area contributed by atoms with Crippen molar-refractivity contribution in [3.8, 4) is 5.75 Å². The quantitative estimate of drug-likeness (QED) is 0.505. The van der Waals surface area contributed by atoms with Gasteiger partial charge in [0.05, 0.1) is 41.4 Å². The molecular weight excluding hydrogens is 511 g/mol. The molecule has 0 unspecified atom stereocenters. The zero-order valence-corrected chi connectivity index (χ0v) is 21.8. The van der Waals surface area contributed by atoms with Crippen molar-refractivity contribution in [1.82, 2.24) is 14.9 Å². The molecule has 0 spiro atoms. The summed E-state index contributed by atoms with van der Waals surface area (Å²) in [5.74, 6) is 0.842. The number of aromatic nitrogens is 2. The Morgan fingerprint density at radius 1 is 1.15 bits per heavy atom. The average Bonchev–Trinajstić information content (AvgIpc) is 3.46. The number of carbonyl (C=O) groups excluding carboxylic acids is 1. The predicted molar refractivity (Wildman–Crippen MR) is 140 cm³/mol. The van der Waals surface area contributed by atoms with Crippen LogP contribution in [0.1, 0.15) is 42.8 Å². The molecule has 0 saturated carbocycles. The lowest BCUT2D eigenvalue weighted by atomic mass is 10.0. The van der Waals surface area contributed by atoms with Gasteiger partial charge in [-0.2, -0.15) is 0 Å². The average molecular weight is 542 g/mol. The van der Waals surface area contributed by atoms with Gasteiger partial charge < -0.3 is 24.6 Å². The SMILES string of the molecule is Cc1nc(N[C@H](C)c2cccc(C(F)F)c2F)c2cc3c(cc2n1)OC[C@H]1CN(C(=O)[C@@H]2CCOC2)CCN31. The molecule has 1 N–H and O–H groups in total. The van der Waals surface area contributed by atoms with Gasteiger partial charge in [-0.05, 0) is 26.3 Å². The van der Waals surface area contributed by atoms with E-state index in [9.17, 15) is 18.0 Å². The Morgan fingerprint density at radius 2 is 1.97 bits per heavy atom. The molecule has 3 atom stereocenters. The van der Waals surface area contributed by atoms with Gasteiger partial charge in [-0.1, -0.05) is 18.2 Å². The lowest BCUT2D eigenvalue weighted by Crippen LogP contribution is -2.59. The van der Waals surface area contributed by atoms with Crippen molar-refractivity contribution in [1.29, 1.82) is 0 Å². The number of amides is 1. The minimum atomic E-state index is -2.90. The molecule has 1 amide bonds. The summed E-state index contributed by atoms with van der Waals surface area (Å²) >= 11 is 0. The summed E-state index contributed by atoms with van der Waals surface area (Å²) in [6.45, 7) is 6.87. The second kappa shape index (κ2) is 10.2. The van der Waals surface area contributed by atoms with Crippen molar-refractivity contribution in [3.05, 3.63) is 53.1 Å². The number of benzene rings is 2. The van der Waals surface area contributed by atoms with Crippen molar-refractivity contribution >= 4 is 28.3 Å². The van der Waals surface area contributed by atoms with Gasteiger partial charge in [-0.3, -0.25) is 4.79 Å². The van der Waals surface area contributed by atoms with E-state index in [1.165, 1.54) is 12.1 Å². The summed E-state index contributed by atoms with van der Waals surface area (Å²) in [5, 5.41) is 3.93. The number of carbonyl (C=O) groups is 1. The Labute approximate surface area is 224 Å². The predicted octanol–water partition coefficient (Wildman–Crippen LogP) is 4.63. The molecule has 2 fully saturated rings. The zero-order valence-electron chi connectivity index (χ0n) is 21.8. The van der Waals surface area contributed by atoms with Gasteiger partial charge in [0.1, 0.15) is 29.8 Å². The minimum absolute atomic E-state index is 0.00264. The highest BCUT2D eigenvalue weighted by Gasteiger charge is 2.37. The maximum atomic E-state index is 14.9. The van der Waals surface area contributed by atoms with Crippen LogP contribution in [0.3, 0.4) is 0 Å². The van der Waals surface area contributed by atoms with Gasteiger partial charge >= 0.3 is 0 Å². The molecule has 2 aromatic carbocycles. The van der Waals surface area contributed by atoms with E-state index in [2.05, 4.69) is 20.2 Å². The van der Waals surface area contributed by atoms with E-state index in [1.54, 1.807) is 13.8 Å². The summed E-state index contributed by atoms with van der Waals surface area (Å²) in [4.78, 5) is 26.3. The van der Waals surface area contributed by atoms with Gasteiger partial charge in [0, 0.05) is 43.3 Å². The molecule has 3 aliphatic heterocycles. The Bertz CT molecular complexity index is 1410. The second-order valence-electron chi connectivity index (χ2n) is 10.4. The van der Waals surface area contributed by atoms with Crippen LogP contribution in [0.25, 0.3) is 10.9 Å². The van der Waals surface area contributed by atoms with E-state index >= 15 is 0 Å². The first-order chi connectivity index (χ1) is 18.8. The first-order valence-corrected chi connectivity index (χ1v) is 13.2. The van der Waals surface area contributed by atoms with E-state index in [0.717, 1.165) is 18.2 Å². The summed E-state index contributed by atoms with van der Waals surface area (Å²) < 4.78 is 52.9. The van der Waals surface area contributed by atoms with Gasteiger partial charge in [0.15, 0.2) is 0 Å². The number of ether oxygens (including phenoxy) is 2. The molecule has 4 heterocycles. The molecule has 11 heteroatoms. The number of hydrogen-bond acceptors (Lipinski definition) is 7. The molecule has 1 aromatic heterocycles. The summed E-state index contributed by atoms with van der Waals surface area (Å²) in [5.41, 5.74) is 1.04. The fourth-order valence-corrected chi connectivity index (χ4v) is 5.75. The van der Waals surface area contributed by atoms with Crippen molar-refractivity contribution in [2.75, 3.05) is 49.7 Å². The molecule has 0 radical (unpaired) electrons. The van der Waals surface area contributed by atoms with Crippen LogP contribution in [0.2, 0.25) is 0 Å². The number of piperazine rings is 1. The number of nitrogens with one attached hydrogen (secondary N) is 1. The topological polar surface area (TPSA) is 79.8 Å². The third-order valence-corrected chi connectivity index (χ3v) is 7.82. The van der Waals surface area contributed by atoms with Crippen LogP contribution in [0.4, 0.5) is 24.7 Å². The molecule has 0 bridgehead atoms. The molecule has 3 aromatic rings. The highest BCUT2D eigenvalue weighted by molar-refractivity contribution is 5.94. The lowest BCUT2D eigenvalue weighted by Gasteiger charge is -2.46. The van der Waals surface area contributed by atoms with Crippen LogP contribution in [-0.4, -0.2) is 66.3 Å². The van der Waals surface area contributed by atoms with Crippen molar-refractivity contribution in [2.24, 2.45) is 5.92 Å². The smallest absolute Gasteiger partial charge is 0.266 e. The lowest BCUT2D eigenvalue weighted by molar-refractivity contribution is -0.136. The van der Waals surface area contributed by atoms with Crippen molar-refractivity contribution in [2.45, 2.75) is 38.8 Å². The Kier molecular flexibility index (Phi) is 6.70. The number of hydrogen-bond donors (Lipinski definition) is 1. The minimum Gasteiger partial charge on any atom is -0.489 e. The van der Waals surface area contributed by atoms with Crippen LogP contribution in [0.15, 0.2) is 30.3 Å². The van der Waals surface area contributed by atoms with Crippen molar-refractivity contribution < 1.29 is 27.4 Å². The normalized spacial score (nSPS) is 21.5. The fourth-order valence-electron chi connectivity index (χ4n) is 5.75. The fraction of sp³-hybridized carbons (Fsp3) is 0.464. The first-order valence-electron chi connectivity index (χ1n) is 13.2. The van der Waals surface area contributed by atoms with Gasteiger partial charge in [-0.15, -0.1) is 0 Å². The van der Waals surface area contributed by atoms with Crippen LogP contribution in [0.5, 0.6) is 5.75 Å². The largest absolute Gasteiger partial charge is 0.489 e. The summed E-state index contributed by atoms with van der Waals surface area (Å²) in [6.07, 6.45) is -2.14. The molecule has 0 aliphatic carbocycles. The van der Waals surface area contributed by atoms with Crippen molar-refractivity contribution in [3.63, 3.8) is 0 Å². The number of halogens is 3. The number of alkyl halides is 2. The number of rotatable bonds is 5. The van der Waals surface area contributed by atoms with E-state index < -0.39 is 23.8 Å². The van der Waals surface area contributed by atoms with Crippen LogP contribution in [0, 0.1) is 18.7 Å². The molecule has 8 nitrogen and oxygen atoms in total. The second-order valence-corrected chi connectivity index (χ2v) is 10.4. The first kappa shape index (κ1) is 25.7. The third-order valence-electron chi connectivity index (χ3n) is 7.82. The van der Waals surface area contributed by atoms with Crippen LogP contribution < -0.4 is 15.0 Å². The molecule has 2 saturated heterocycles. The standard InChI is InChI=1S/C28H30F3N5O3/c1-15(19-4-3-5-20(25(19)29)26(30)31)32-27-21-10-23-24(11-22(21)33-16(2)34-27)39-14-18-12-35(7-8-36(18)23)28(37)17-6-9-38-13-17/h3-5,10-11,15,17-18,26H,6-9,12-14H2,1-2H3,(H,32,33,34)/t15-,17-,18-/m1/s1. The molecule has 3 aliphatic rings. The third kappa shape index (κ3) is 4.73. The summed E-state index contributed by atoms with van der Waals surface area (Å²) in [6, 6.07) is 7.22. The van der Waals surface area contributed by atoms with Gasteiger partial charge in [-0.25, -0.2) is 23.1 Å². The maximum Gasteiger partial charge on any atom is 0.266 e. The Morgan fingerprint density at radius 3 is 2.74 bits per heavy atom. The molecule has 6 rings (SSSR count). The molecule has 39 heavy (non-hydrogen) atoms. The number of nitrogens with zero attached hydrogens (tertiary/aromatic N) is 4. The summed E-state index contributed by atoms with van der Waals surface area (Å²) in [7, 11) is 0. The molecular formula is C28H30F3N5O3. The monoisotopic (exact) mass is 541 g/mol. The maximum absolute atomic E-state index is 14.9. The van der Waals surface area contributed by atoms with Crippen LogP contribution in [-0.2, 0) is 9.53 Å². The van der Waals surface area contributed by atoms with Crippen LogP contribution >= 0.6 is 0 Å². The number of aryl methyl sites for hydroxylation is 1. The highest BCUT2D eigenvalue weighted by Crippen LogP contribution is 2.40. The number of fused-ring (bicyclic) bond motifs is 4. The highest BCUT2D eigenvalue weighted by atomic mass is 19.3. The Balaban J connectivity index is 1.29. The molecule has 206 valence electrons. The van der Waals surface area contributed by atoms with Gasteiger partial charge in [0.25, 0.3) is 6.43 Å². The van der Waals surface area contributed by atoms with E-state index in [4.69, 9.17) is 9.47 Å². The zero-order chi connectivity index (χ0) is 27.3. The number of anilines is 2. The van der Waals surface area contributed by atoms with E-state index in [0.29, 0.717) is 67.7 Å². The Hall–Kier alpha value is -3.60. The van der Waals surface area contributed by atoms with E-state index in [1.807, 2.05) is 17.0 Å².